The first-order valence-corrected chi connectivity index (χ1v) is 8.57. The Balaban J connectivity index is 1.73. The lowest BCUT2D eigenvalue weighted by molar-refractivity contribution is -0.137. The highest BCUT2D eigenvalue weighted by molar-refractivity contribution is 6.31. The molecule has 27 heavy (non-hydrogen) atoms. The highest BCUT2D eigenvalue weighted by atomic mass is 35.5. The van der Waals surface area contributed by atoms with Gasteiger partial charge in [-0.15, -0.1) is 0 Å². The Morgan fingerprint density at radius 3 is 2.63 bits per heavy atom. The maximum atomic E-state index is 12.9. The van der Waals surface area contributed by atoms with Gasteiger partial charge in [0, 0.05) is 29.4 Å². The van der Waals surface area contributed by atoms with Crippen LogP contribution in [-0.2, 0) is 15.8 Å². The highest BCUT2D eigenvalue weighted by Gasteiger charge is 2.37. The van der Waals surface area contributed by atoms with Crippen LogP contribution in [0.25, 0.3) is 0 Å². The second kappa shape index (κ2) is 7.23. The third kappa shape index (κ3) is 4.24. The minimum absolute atomic E-state index is 0.0194. The number of nitrogens with zero attached hydrogens (tertiary/aromatic N) is 1. The number of hydrogen-bond acceptors (Lipinski definition) is 2. The van der Waals surface area contributed by atoms with E-state index in [1.165, 1.54) is 17.0 Å². The summed E-state index contributed by atoms with van der Waals surface area (Å²) in [5, 5.41) is 3.20. The van der Waals surface area contributed by atoms with Crippen molar-refractivity contribution in [2.24, 2.45) is 5.92 Å². The Morgan fingerprint density at radius 1 is 1.22 bits per heavy atom. The lowest BCUT2D eigenvalue weighted by Gasteiger charge is -2.18. The van der Waals surface area contributed by atoms with Crippen molar-refractivity contribution in [3.63, 3.8) is 0 Å². The van der Waals surface area contributed by atoms with Crippen molar-refractivity contribution < 1.29 is 22.8 Å². The van der Waals surface area contributed by atoms with Gasteiger partial charge in [0.25, 0.3) is 0 Å². The summed E-state index contributed by atoms with van der Waals surface area (Å²) in [7, 11) is 0. The Bertz CT molecular complexity index is 899. The van der Waals surface area contributed by atoms with Crippen LogP contribution in [0.2, 0.25) is 5.02 Å². The van der Waals surface area contributed by atoms with E-state index in [0.717, 1.165) is 17.7 Å². The standard InChI is InChI=1S/C19H16ClF3N2O2/c1-11-5-6-14(9-16(11)20)24-18(27)12-7-17(26)25(10-12)15-4-2-3-13(8-15)19(21,22)23/h2-6,8-9,12H,7,10H2,1H3,(H,24,27). The molecule has 142 valence electrons. The third-order valence-electron chi connectivity index (χ3n) is 4.42. The molecule has 0 saturated carbocycles. The van der Waals surface area contributed by atoms with Gasteiger partial charge in [0.05, 0.1) is 11.5 Å². The maximum absolute atomic E-state index is 12.9. The Labute approximate surface area is 158 Å². The van der Waals surface area contributed by atoms with E-state index in [4.69, 9.17) is 11.6 Å². The van der Waals surface area contributed by atoms with E-state index in [0.29, 0.717) is 10.7 Å². The molecule has 1 saturated heterocycles. The summed E-state index contributed by atoms with van der Waals surface area (Å²) in [6, 6.07) is 9.58. The molecule has 0 aromatic heterocycles. The fourth-order valence-corrected chi connectivity index (χ4v) is 3.08. The number of carbonyl (C=O) groups excluding carboxylic acids is 2. The number of amides is 2. The van der Waals surface area contributed by atoms with Gasteiger partial charge in [-0.25, -0.2) is 0 Å². The van der Waals surface area contributed by atoms with Crippen molar-refractivity contribution in [1.82, 2.24) is 0 Å². The van der Waals surface area contributed by atoms with Gasteiger partial charge in [-0.1, -0.05) is 23.7 Å². The fourth-order valence-electron chi connectivity index (χ4n) is 2.90. The number of anilines is 2. The molecule has 2 amide bonds. The van der Waals surface area contributed by atoms with Crippen LogP contribution in [0.4, 0.5) is 24.5 Å². The zero-order chi connectivity index (χ0) is 19.8. The molecule has 1 fully saturated rings. The monoisotopic (exact) mass is 396 g/mol. The van der Waals surface area contributed by atoms with Crippen LogP contribution in [0.1, 0.15) is 17.5 Å². The minimum atomic E-state index is -4.50. The summed E-state index contributed by atoms with van der Waals surface area (Å²) < 4.78 is 38.6. The van der Waals surface area contributed by atoms with Crippen LogP contribution in [-0.4, -0.2) is 18.4 Å². The van der Waals surface area contributed by atoms with Crippen molar-refractivity contribution in [1.29, 1.82) is 0 Å². The van der Waals surface area contributed by atoms with Crippen LogP contribution in [0, 0.1) is 12.8 Å². The molecule has 0 bridgehead atoms. The summed E-state index contributed by atoms with van der Waals surface area (Å²) >= 11 is 6.03. The van der Waals surface area contributed by atoms with Crippen LogP contribution < -0.4 is 10.2 Å². The molecule has 2 aromatic carbocycles. The molecule has 2 aromatic rings. The number of rotatable bonds is 3. The SMILES string of the molecule is Cc1ccc(NC(=O)C2CC(=O)N(c3cccc(C(F)(F)F)c3)C2)cc1Cl. The molecular weight excluding hydrogens is 381 g/mol. The van der Waals surface area contributed by atoms with Gasteiger partial charge >= 0.3 is 6.18 Å². The molecule has 0 aliphatic carbocycles. The minimum Gasteiger partial charge on any atom is -0.326 e. The highest BCUT2D eigenvalue weighted by Crippen LogP contribution is 2.33. The Kier molecular flexibility index (Phi) is 5.15. The molecule has 1 aliphatic heterocycles. The molecule has 0 spiro atoms. The van der Waals surface area contributed by atoms with Crippen molar-refractivity contribution in [3.8, 4) is 0 Å². The first kappa shape index (κ1) is 19.2. The third-order valence-corrected chi connectivity index (χ3v) is 4.83. The zero-order valence-corrected chi connectivity index (χ0v) is 15.1. The summed E-state index contributed by atoms with van der Waals surface area (Å²) in [5.74, 6) is -1.43. The van der Waals surface area contributed by atoms with Crippen molar-refractivity contribution in [3.05, 3.63) is 58.6 Å². The quantitative estimate of drug-likeness (QED) is 0.820. The first-order chi connectivity index (χ1) is 12.6. The molecule has 1 unspecified atom stereocenters. The fraction of sp³-hybridized carbons (Fsp3) is 0.263. The molecule has 8 heteroatoms. The largest absolute Gasteiger partial charge is 0.416 e. The van der Waals surface area contributed by atoms with E-state index >= 15 is 0 Å². The average Bonchev–Trinajstić information content (AvgIpc) is 2.99. The summed E-state index contributed by atoms with van der Waals surface area (Å²) in [6.07, 6.45) is -4.57. The summed E-state index contributed by atoms with van der Waals surface area (Å²) in [6.45, 7) is 1.85. The topological polar surface area (TPSA) is 49.4 Å². The Morgan fingerprint density at radius 2 is 1.96 bits per heavy atom. The maximum Gasteiger partial charge on any atom is 0.416 e. The molecule has 1 heterocycles. The van der Waals surface area contributed by atoms with E-state index in [-0.39, 0.29) is 24.6 Å². The van der Waals surface area contributed by atoms with Gasteiger partial charge in [-0.3, -0.25) is 9.59 Å². The van der Waals surface area contributed by atoms with Crippen LogP contribution in [0.5, 0.6) is 0 Å². The Hall–Kier alpha value is -2.54. The second-order valence-corrected chi connectivity index (χ2v) is 6.81. The molecule has 3 rings (SSSR count). The number of carbonyl (C=O) groups is 2. The van der Waals surface area contributed by atoms with Crippen molar-refractivity contribution >= 4 is 34.8 Å². The lowest BCUT2D eigenvalue weighted by atomic mass is 10.1. The van der Waals surface area contributed by atoms with Crippen molar-refractivity contribution in [2.45, 2.75) is 19.5 Å². The van der Waals surface area contributed by atoms with Crippen LogP contribution in [0.3, 0.4) is 0 Å². The number of aryl methyl sites for hydroxylation is 1. The van der Waals surface area contributed by atoms with Gasteiger partial charge in [-0.2, -0.15) is 13.2 Å². The first-order valence-electron chi connectivity index (χ1n) is 8.20. The molecular formula is C19H16ClF3N2O2. The number of alkyl halides is 3. The van der Waals surface area contributed by atoms with Crippen LogP contribution >= 0.6 is 11.6 Å². The second-order valence-electron chi connectivity index (χ2n) is 6.41. The van der Waals surface area contributed by atoms with Gasteiger partial charge in [0.1, 0.15) is 0 Å². The molecule has 1 atom stereocenters. The molecule has 1 aliphatic rings. The van der Waals surface area contributed by atoms with Gasteiger partial charge in [0.15, 0.2) is 0 Å². The number of halogens is 4. The van der Waals surface area contributed by atoms with Gasteiger partial charge in [-0.05, 0) is 42.8 Å². The average molecular weight is 397 g/mol. The molecule has 1 N–H and O–H groups in total. The number of nitrogens with one attached hydrogen (secondary N) is 1. The zero-order valence-electron chi connectivity index (χ0n) is 14.3. The van der Waals surface area contributed by atoms with Gasteiger partial charge in [0.2, 0.25) is 11.8 Å². The number of benzene rings is 2. The lowest BCUT2D eigenvalue weighted by Crippen LogP contribution is -2.28. The van der Waals surface area contributed by atoms with E-state index in [1.54, 1.807) is 18.2 Å². The predicted molar refractivity (Wildman–Crippen MR) is 96.7 cm³/mol. The summed E-state index contributed by atoms with van der Waals surface area (Å²) in [4.78, 5) is 25.9. The van der Waals surface area contributed by atoms with E-state index in [1.807, 2.05) is 6.92 Å². The molecule has 0 radical (unpaired) electrons. The number of hydrogen-bond donors (Lipinski definition) is 1. The smallest absolute Gasteiger partial charge is 0.326 e. The van der Waals surface area contributed by atoms with Gasteiger partial charge < -0.3 is 10.2 Å². The van der Waals surface area contributed by atoms with Crippen LogP contribution in [0.15, 0.2) is 42.5 Å². The summed E-state index contributed by atoms with van der Waals surface area (Å²) in [5.41, 5.74) is 0.653. The normalized spacial score (nSPS) is 17.3. The van der Waals surface area contributed by atoms with E-state index < -0.39 is 23.6 Å². The van der Waals surface area contributed by atoms with E-state index in [2.05, 4.69) is 5.32 Å². The van der Waals surface area contributed by atoms with Crippen molar-refractivity contribution in [2.75, 3.05) is 16.8 Å². The predicted octanol–water partition coefficient (Wildman–Crippen LogP) is 4.66. The molecule has 4 nitrogen and oxygen atoms in total. The van der Waals surface area contributed by atoms with E-state index in [9.17, 15) is 22.8 Å².